The molecule has 4 amide bonds. The number of anilines is 1. The highest BCUT2D eigenvalue weighted by atomic mass is 35.5. The molecule has 1 aliphatic rings. The standard InChI is InChI=1S/C26H21ClN2O4/c1-16-10-11-18(12-17(16)2)15-33-23-9-4-3-6-19(23)13-22-24(30)28-26(32)29(25(22)31)21-8-5-7-20(27)14-21/h3-14H,15H2,1-2H3,(H,28,30,32)/b22-13+. The van der Waals surface area contributed by atoms with Gasteiger partial charge in [0.05, 0.1) is 5.69 Å². The molecule has 166 valence electrons. The van der Waals surface area contributed by atoms with Crippen LogP contribution in [0.3, 0.4) is 0 Å². The molecule has 1 saturated heterocycles. The van der Waals surface area contributed by atoms with E-state index in [1.165, 1.54) is 23.3 Å². The number of urea groups is 1. The minimum absolute atomic E-state index is 0.184. The number of hydrogen-bond acceptors (Lipinski definition) is 4. The molecule has 1 N–H and O–H groups in total. The predicted octanol–water partition coefficient (Wildman–Crippen LogP) is 5.20. The Morgan fingerprint density at radius 3 is 2.48 bits per heavy atom. The quantitative estimate of drug-likeness (QED) is 0.419. The third-order valence-corrected chi connectivity index (χ3v) is 5.59. The number of amides is 4. The maximum absolute atomic E-state index is 13.1. The van der Waals surface area contributed by atoms with Crippen molar-refractivity contribution in [1.82, 2.24) is 5.32 Å². The van der Waals surface area contributed by atoms with Crippen molar-refractivity contribution in [1.29, 1.82) is 0 Å². The van der Waals surface area contributed by atoms with E-state index in [1.807, 2.05) is 32.0 Å². The Labute approximate surface area is 196 Å². The number of ether oxygens (including phenoxy) is 1. The van der Waals surface area contributed by atoms with Gasteiger partial charge in [0.1, 0.15) is 17.9 Å². The van der Waals surface area contributed by atoms with Crippen molar-refractivity contribution < 1.29 is 19.1 Å². The van der Waals surface area contributed by atoms with Crippen LogP contribution in [0.15, 0.2) is 72.3 Å². The van der Waals surface area contributed by atoms with E-state index in [-0.39, 0.29) is 11.3 Å². The Kier molecular flexibility index (Phi) is 6.29. The van der Waals surface area contributed by atoms with Crippen LogP contribution in [0.2, 0.25) is 5.02 Å². The third-order valence-electron chi connectivity index (χ3n) is 5.35. The molecule has 33 heavy (non-hydrogen) atoms. The second kappa shape index (κ2) is 9.30. The molecule has 0 aliphatic carbocycles. The molecule has 1 heterocycles. The van der Waals surface area contributed by atoms with Crippen molar-refractivity contribution >= 4 is 41.2 Å². The first kappa shape index (κ1) is 22.3. The van der Waals surface area contributed by atoms with E-state index in [0.717, 1.165) is 10.5 Å². The number of hydrogen-bond donors (Lipinski definition) is 1. The van der Waals surface area contributed by atoms with Crippen LogP contribution in [0, 0.1) is 13.8 Å². The third kappa shape index (κ3) is 4.81. The number of halogens is 1. The van der Waals surface area contributed by atoms with Gasteiger partial charge >= 0.3 is 6.03 Å². The summed E-state index contributed by atoms with van der Waals surface area (Å²) in [5, 5.41) is 2.57. The number of nitrogens with one attached hydrogen (secondary N) is 1. The Morgan fingerprint density at radius 1 is 0.939 bits per heavy atom. The highest BCUT2D eigenvalue weighted by molar-refractivity contribution is 6.39. The smallest absolute Gasteiger partial charge is 0.335 e. The fourth-order valence-electron chi connectivity index (χ4n) is 3.45. The van der Waals surface area contributed by atoms with Crippen LogP contribution < -0.4 is 15.0 Å². The van der Waals surface area contributed by atoms with Crippen molar-refractivity contribution in [3.8, 4) is 5.75 Å². The zero-order valence-electron chi connectivity index (χ0n) is 18.1. The van der Waals surface area contributed by atoms with Crippen molar-refractivity contribution in [3.63, 3.8) is 0 Å². The number of barbiturate groups is 1. The van der Waals surface area contributed by atoms with Gasteiger partial charge in [0.25, 0.3) is 11.8 Å². The molecular weight excluding hydrogens is 440 g/mol. The number of carbonyl (C=O) groups excluding carboxylic acids is 3. The average Bonchev–Trinajstić information content (AvgIpc) is 2.78. The number of aryl methyl sites for hydroxylation is 2. The molecule has 0 spiro atoms. The summed E-state index contributed by atoms with van der Waals surface area (Å²) in [5.74, 6) is -1.00. The van der Waals surface area contributed by atoms with E-state index < -0.39 is 17.8 Å². The van der Waals surface area contributed by atoms with E-state index in [0.29, 0.717) is 22.9 Å². The maximum Gasteiger partial charge on any atom is 0.335 e. The van der Waals surface area contributed by atoms with Crippen LogP contribution in [-0.2, 0) is 16.2 Å². The van der Waals surface area contributed by atoms with Gasteiger partial charge in [-0.15, -0.1) is 0 Å². The zero-order valence-corrected chi connectivity index (χ0v) is 18.8. The lowest BCUT2D eigenvalue weighted by atomic mass is 10.1. The monoisotopic (exact) mass is 460 g/mol. The lowest BCUT2D eigenvalue weighted by Crippen LogP contribution is -2.54. The summed E-state index contributed by atoms with van der Waals surface area (Å²) < 4.78 is 5.99. The Bertz CT molecular complexity index is 1300. The Hall–Kier alpha value is -3.90. The van der Waals surface area contributed by atoms with Gasteiger partial charge in [0.2, 0.25) is 0 Å². The maximum atomic E-state index is 13.1. The Morgan fingerprint density at radius 2 is 1.73 bits per heavy atom. The summed E-state index contributed by atoms with van der Waals surface area (Å²) in [6.07, 6.45) is 1.43. The number of para-hydroxylation sites is 1. The van der Waals surface area contributed by atoms with Crippen LogP contribution in [0.5, 0.6) is 5.75 Å². The number of rotatable bonds is 5. The molecule has 4 rings (SSSR count). The van der Waals surface area contributed by atoms with E-state index in [1.54, 1.807) is 36.4 Å². The molecule has 0 saturated carbocycles. The first-order chi connectivity index (χ1) is 15.8. The highest BCUT2D eigenvalue weighted by Gasteiger charge is 2.37. The SMILES string of the molecule is Cc1ccc(COc2ccccc2/C=C2\C(=O)NC(=O)N(c3cccc(Cl)c3)C2=O)cc1C. The van der Waals surface area contributed by atoms with Crippen molar-refractivity contribution in [3.05, 3.63) is 99.6 Å². The summed E-state index contributed by atoms with van der Waals surface area (Å²) in [4.78, 5) is 38.9. The van der Waals surface area contributed by atoms with Crippen LogP contribution >= 0.6 is 11.6 Å². The van der Waals surface area contributed by atoms with E-state index >= 15 is 0 Å². The minimum Gasteiger partial charge on any atom is -0.488 e. The summed E-state index contributed by atoms with van der Waals surface area (Å²) in [7, 11) is 0. The fraction of sp³-hybridized carbons (Fsp3) is 0.115. The number of imide groups is 2. The lowest BCUT2D eigenvalue weighted by Gasteiger charge is -2.26. The Balaban J connectivity index is 1.63. The molecule has 0 aromatic heterocycles. The fourth-order valence-corrected chi connectivity index (χ4v) is 3.63. The normalized spacial score (nSPS) is 15.1. The van der Waals surface area contributed by atoms with Gasteiger partial charge in [0.15, 0.2) is 0 Å². The molecule has 0 unspecified atom stereocenters. The zero-order chi connectivity index (χ0) is 23.5. The molecule has 3 aromatic rings. The van der Waals surface area contributed by atoms with E-state index in [2.05, 4.69) is 11.4 Å². The number of nitrogens with zero attached hydrogens (tertiary/aromatic N) is 1. The van der Waals surface area contributed by atoms with Crippen LogP contribution in [0.4, 0.5) is 10.5 Å². The van der Waals surface area contributed by atoms with Gasteiger partial charge in [-0.05, 0) is 60.9 Å². The van der Waals surface area contributed by atoms with E-state index in [4.69, 9.17) is 16.3 Å². The van der Waals surface area contributed by atoms with Crippen molar-refractivity contribution in [2.24, 2.45) is 0 Å². The minimum atomic E-state index is -0.830. The van der Waals surface area contributed by atoms with Crippen molar-refractivity contribution in [2.45, 2.75) is 20.5 Å². The van der Waals surface area contributed by atoms with Crippen LogP contribution in [-0.4, -0.2) is 17.8 Å². The van der Waals surface area contributed by atoms with E-state index in [9.17, 15) is 14.4 Å². The first-order valence-electron chi connectivity index (χ1n) is 10.3. The van der Waals surface area contributed by atoms with Crippen LogP contribution in [0.25, 0.3) is 6.08 Å². The molecular formula is C26H21ClN2O4. The van der Waals surface area contributed by atoms with Gasteiger partial charge in [0, 0.05) is 10.6 Å². The summed E-state index contributed by atoms with van der Waals surface area (Å²) >= 11 is 6.01. The molecule has 3 aromatic carbocycles. The predicted molar refractivity (Wildman–Crippen MR) is 127 cm³/mol. The van der Waals surface area contributed by atoms with Crippen LogP contribution in [0.1, 0.15) is 22.3 Å². The van der Waals surface area contributed by atoms with Crippen molar-refractivity contribution in [2.75, 3.05) is 4.90 Å². The topological polar surface area (TPSA) is 75.7 Å². The molecule has 6 nitrogen and oxygen atoms in total. The molecule has 0 atom stereocenters. The molecule has 7 heteroatoms. The number of benzene rings is 3. The molecule has 0 radical (unpaired) electrons. The second-order valence-corrected chi connectivity index (χ2v) is 8.12. The lowest BCUT2D eigenvalue weighted by molar-refractivity contribution is -0.122. The van der Waals surface area contributed by atoms with Gasteiger partial charge in [-0.25, -0.2) is 9.69 Å². The van der Waals surface area contributed by atoms with Gasteiger partial charge < -0.3 is 4.74 Å². The second-order valence-electron chi connectivity index (χ2n) is 7.68. The highest BCUT2D eigenvalue weighted by Crippen LogP contribution is 2.27. The molecule has 1 aliphatic heterocycles. The molecule has 1 fully saturated rings. The average molecular weight is 461 g/mol. The number of carbonyl (C=O) groups is 3. The van der Waals surface area contributed by atoms with Gasteiger partial charge in [-0.2, -0.15) is 0 Å². The van der Waals surface area contributed by atoms with Gasteiger partial charge in [-0.3, -0.25) is 14.9 Å². The largest absolute Gasteiger partial charge is 0.488 e. The summed E-state index contributed by atoms with van der Waals surface area (Å²) in [6, 6.07) is 18.6. The summed E-state index contributed by atoms with van der Waals surface area (Å²) in [6.45, 7) is 4.41. The first-order valence-corrected chi connectivity index (χ1v) is 10.7. The molecule has 0 bridgehead atoms. The summed E-state index contributed by atoms with van der Waals surface area (Å²) in [5.41, 5.74) is 4.00. The van der Waals surface area contributed by atoms with Gasteiger partial charge in [-0.1, -0.05) is 54.1 Å².